The van der Waals surface area contributed by atoms with Gasteiger partial charge in [-0.3, -0.25) is 4.79 Å². The van der Waals surface area contributed by atoms with E-state index in [1.807, 2.05) is 0 Å². The topological polar surface area (TPSA) is 101 Å². The second kappa shape index (κ2) is 6.26. The van der Waals surface area contributed by atoms with Gasteiger partial charge in [-0.25, -0.2) is 9.78 Å². The zero-order valence-electron chi connectivity index (χ0n) is 10.3. The summed E-state index contributed by atoms with van der Waals surface area (Å²) in [5.41, 5.74) is 0.414. The standard InChI is InChI=1S/C12H15N3O4/c16-11(5-9-7-13-3-4-19-9)15-8-1-2-10(12(17)18)14-6-8/h1-2,6,9,13H,3-5,7H2,(H,15,16)(H,17,18). The fourth-order valence-electron chi connectivity index (χ4n) is 1.76. The van der Waals surface area contributed by atoms with E-state index >= 15 is 0 Å². The van der Waals surface area contributed by atoms with Gasteiger partial charge in [-0.2, -0.15) is 0 Å². The van der Waals surface area contributed by atoms with Crippen molar-refractivity contribution >= 4 is 17.6 Å². The van der Waals surface area contributed by atoms with E-state index in [4.69, 9.17) is 9.84 Å². The van der Waals surface area contributed by atoms with E-state index in [-0.39, 0.29) is 24.1 Å². The molecular weight excluding hydrogens is 250 g/mol. The van der Waals surface area contributed by atoms with Crippen LogP contribution in [0.15, 0.2) is 18.3 Å². The number of ether oxygens (including phenoxy) is 1. The van der Waals surface area contributed by atoms with Crippen molar-refractivity contribution in [2.75, 3.05) is 25.0 Å². The Morgan fingerprint density at radius 3 is 2.95 bits per heavy atom. The van der Waals surface area contributed by atoms with Gasteiger partial charge in [0.15, 0.2) is 0 Å². The van der Waals surface area contributed by atoms with Crippen LogP contribution in [0.3, 0.4) is 0 Å². The highest BCUT2D eigenvalue weighted by Crippen LogP contribution is 2.08. The molecule has 1 aliphatic heterocycles. The normalized spacial score (nSPS) is 18.8. The van der Waals surface area contributed by atoms with Crippen LogP contribution in [0.5, 0.6) is 0 Å². The highest BCUT2D eigenvalue weighted by molar-refractivity contribution is 5.91. The van der Waals surface area contributed by atoms with Gasteiger partial charge in [0, 0.05) is 13.1 Å². The number of hydrogen-bond donors (Lipinski definition) is 3. The number of anilines is 1. The molecule has 0 radical (unpaired) electrons. The molecule has 1 atom stereocenters. The molecule has 1 unspecified atom stereocenters. The van der Waals surface area contributed by atoms with E-state index < -0.39 is 5.97 Å². The quantitative estimate of drug-likeness (QED) is 0.713. The average Bonchev–Trinajstić information content (AvgIpc) is 2.40. The summed E-state index contributed by atoms with van der Waals surface area (Å²) in [6, 6.07) is 2.85. The van der Waals surface area contributed by atoms with E-state index in [0.29, 0.717) is 18.8 Å². The van der Waals surface area contributed by atoms with Crippen molar-refractivity contribution in [2.45, 2.75) is 12.5 Å². The van der Waals surface area contributed by atoms with Crippen molar-refractivity contribution in [1.29, 1.82) is 0 Å². The smallest absolute Gasteiger partial charge is 0.354 e. The maximum Gasteiger partial charge on any atom is 0.354 e. The summed E-state index contributed by atoms with van der Waals surface area (Å²) < 4.78 is 5.42. The predicted molar refractivity (Wildman–Crippen MR) is 67.1 cm³/mol. The maximum atomic E-state index is 11.7. The first-order valence-electron chi connectivity index (χ1n) is 5.96. The van der Waals surface area contributed by atoms with Gasteiger partial charge in [-0.15, -0.1) is 0 Å². The molecular formula is C12H15N3O4. The van der Waals surface area contributed by atoms with Gasteiger partial charge in [0.2, 0.25) is 5.91 Å². The Kier molecular flexibility index (Phi) is 4.43. The molecule has 3 N–H and O–H groups in total. The molecule has 0 bridgehead atoms. The number of amides is 1. The Balaban J connectivity index is 1.85. The summed E-state index contributed by atoms with van der Waals surface area (Å²) in [4.78, 5) is 26.1. The minimum absolute atomic E-state index is 0.0576. The van der Waals surface area contributed by atoms with Gasteiger partial charge >= 0.3 is 5.97 Å². The van der Waals surface area contributed by atoms with E-state index in [9.17, 15) is 9.59 Å². The summed E-state index contributed by atoms with van der Waals surface area (Å²) in [6.07, 6.45) is 1.45. The number of pyridine rings is 1. The lowest BCUT2D eigenvalue weighted by atomic mass is 10.2. The molecule has 19 heavy (non-hydrogen) atoms. The molecule has 0 aromatic carbocycles. The second-order valence-corrected chi connectivity index (χ2v) is 4.19. The first-order valence-corrected chi connectivity index (χ1v) is 5.96. The molecule has 7 heteroatoms. The lowest BCUT2D eigenvalue weighted by Crippen LogP contribution is -2.40. The summed E-state index contributed by atoms with van der Waals surface area (Å²) in [5, 5.41) is 14.5. The van der Waals surface area contributed by atoms with Gasteiger partial charge in [0.25, 0.3) is 0 Å². The molecule has 102 valence electrons. The van der Waals surface area contributed by atoms with Crippen molar-refractivity contribution in [1.82, 2.24) is 10.3 Å². The first kappa shape index (κ1) is 13.4. The van der Waals surface area contributed by atoms with Crippen LogP contribution < -0.4 is 10.6 Å². The number of nitrogens with zero attached hydrogens (tertiary/aromatic N) is 1. The second-order valence-electron chi connectivity index (χ2n) is 4.19. The summed E-state index contributed by atoms with van der Waals surface area (Å²) in [6.45, 7) is 2.06. The molecule has 0 spiro atoms. The Morgan fingerprint density at radius 1 is 1.53 bits per heavy atom. The van der Waals surface area contributed by atoms with Crippen molar-refractivity contribution < 1.29 is 19.4 Å². The monoisotopic (exact) mass is 265 g/mol. The highest BCUT2D eigenvalue weighted by Gasteiger charge is 2.17. The number of nitrogens with one attached hydrogen (secondary N) is 2. The van der Waals surface area contributed by atoms with Crippen LogP contribution in [-0.4, -0.2) is 47.8 Å². The largest absolute Gasteiger partial charge is 0.477 e. The number of carboxylic acids is 1. The van der Waals surface area contributed by atoms with E-state index in [2.05, 4.69) is 15.6 Å². The van der Waals surface area contributed by atoms with Crippen molar-refractivity contribution in [3.63, 3.8) is 0 Å². The van der Waals surface area contributed by atoms with Crippen molar-refractivity contribution in [2.24, 2.45) is 0 Å². The summed E-state index contributed by atoms with van der Waals surface area (Å²) in [7, 11) is 0. The van der Waals surface area contributed by atoms with E-state index in [1.54, 1.807) is 0 Å². The summed E-state index contributed by atoms with van der Waals surface area (Å²) in [5.74, 6) is -1.28. The van der Waals surface area contributed by atoms with E-state index in [1.165, 1.54) is 18.3 Å². The first-order chi connectivity index (χ1) is 9.15. The van der Waals surface area contributed by atoms with Crippen molar-refractivity contribution in [3.05, 3.63) is 24.0 Å². The highest BCUT2D eigenvalue weighted by atomic mass is 16.5. The number of carboxylic acid groups (broad SMARTS) is 1. The summed E-state index contributed by atoms with van der Waals surface area (Å²) >= 11 is 0. The van der Waals surface area contributed by atoms with Crippen LogP contribution in [0.2, 0.25) is 0 Å². The molecule has 1 fully saturated rings. The number of rotatable bonds is 4. The van der Waals surface area contributed by atoms with Gasteiger partial charge in [0.1, 0.15) is 5.69 Å². The SMILES string of the molecule is O=C(CC1CNCCO1)Nc1ccc(C(=O)O)nc1. The number of carbonyl (C=O) groups is 2. The number of hydrogen-bond acceptors (Lipinski definition) is 5. The lowest BCUT2D eigenvalue weighted by Gasteiger charge is -2.22. The van der Waals surface area contributed by atoms with Crippen LogP contribution in [0, 0.1) is 0 Å². The van der Waals surface area contributed by atoms with Gasteiger partial charge < -0.3 is 20.5 Å². The lowest BCUT2D eigenvalue weighted by molar-refractivity contribution is -0.119. The zero-order valence-corrected chi connectivity index (χ0v) is 10.3. The third kappa shape index (κ3) is 4.01. The minimum atomic E-state index is -1.10. The van der Waals surface area contributed by atoms with Crippen LogP contribution in [-0.2, 0) is 9.53 Å². The molecule has 1 aliphatic rings. The average molecular weight is 265 g/mol. The molecule has 7 nitrogen and oxygen atoms in total. The maximum absolute atomic E-state index is 11.7. The predicted octanol–water partition coefficient (Wildman–Crippen LogP) is 0.0968. The molecule has 2 heterocycles. The van der Waals surface area contributed by atoms with Crippen LogP contribution in [0.25, 0.3) is 0 Å². The molecule has 2 rings (SSSR count). The number of aromatic carboxylic acids is 1. The Bertz CT molecular complexity index is 455. The number of aromatic nitrogens is 1. The Hall–Kier alpha value is -1.99. The van der Waals surface area contributed by atoms with Gasteiger partial charge in [0.05, 0.1) is 31.0 Å². The minimum Gasteiger partial charge on any atom is -0.477 e. The third-order valence-corrected chi connectivity index (χ3v) is 2.68. The van der Waals surface area contributed by atoms with Crippen molar-refractivity contribution in [3.8, 4) is 0 Å². The molecule has 1 aromatic heterocycles. The fraction of sp³-hybridized carbons (Fsp3) is 0.417. The van der Waals surface area contributed by atoms with Gasteiger partial charge in [-0.05, 0) is 12.1 Å². The van der Waals surface area contributed by atoms with Crippen LogP contribution >= 0.6 is 0 Å². The van der Waals surface area contributed by atoms with Crippen LogP contribution in [0.1, 0.15) is 16.9 Å². The molecule has 1 amide bonds. The molecule has 0 aliphatic carbocycles. The number of carbonyl (C=O) groups excluding carboxylic acids is 1. The third-order valence-electron chi connectivity index (χ3n) is 2.68. The Labute approximate surface area is 110 Å². The molecule has 0 saturated carbocycles. The fourth-order valence-corrected chi connectivity index (χ4v) is 1.76. The molecule has 1 aromatic rings. The zero-order chi connectivity index (χ0) is 13.7. The Morgan fingerprint density at radius 2 is 2.37 bits per heavy atom. The number of morpholine rings is 1. The van der Waals surface area contributed by atoms with E-state index in [0.717, 1.165) is 6.54 Å². The molecule has 1 saturated heterocycles. The van der Waals surface area contributed by atoms with Gasteiger partial charge in [-0.1, -0.05) is 0 Å². The van der Waals surface area contributed by atoms with Crippen LogP contribution in [0.4, 0.5) is 5.69 Å².